The van der Waals surface area contributed by atoms with Gasteiger partial charge in [-0.3, -0.25) is 4.79 Å². The van der Waals surface area contributed by atoms with Gasteiger partial charge in [0.15, 0.2) is 5.78 Å². The molecule has 0 fully saturated rings. The van der Waals surface area contributed by atoms with Crippen molar-refractivity contribution in [2.24, 2.45) is 0 Å². The van der Waals surface area contributed by atoms with Gasteiger partial charge in [0, 0.05) is 11.1 Å². The predicted octanol–water partition coefficient (Wildman–Crippen LogP) is 3.09. The van der Waals surface area contributed by atoms with Crippen molar-refractivity contribution in [2.75, 3.05) is 5.73 Å². The number of hydrogen-bond acceptors (Lipinski definition) is 2. The lowest BCUT2D eigenvalue weighted by molar-refractivity contribution is 0.103. The average molecular weight is 247 g/mol. The van der Waals surface area contributed by atoms with Crippen LogP contribution in [0.25, 0.3) is 0 Å². The third-order valence-corrected chi connectivity index (χ3v) is 2.71. The number of carbonyl (C=O) groups is 1. The molecular formula is C14H11F2NO. The summed E-state index contributed by atoms with van der Waals surface area (Å²) in [5, 5.41) is 0. The van der Waals surface area contributed by atoms with Gasteiger partial charge in [-0.1, -0.05) is 6.07 Å². The minimum atomic E-state index is -0.657. The molecule has 0 aliphatic rings. The third-order valence-electron chi connectivity index (χ3n) is 2.71. The van der Waals surface area contributed by atoms with E-state index in [0.717, 1.165) is 12.1 Å². The molecule has 0 aliphatic heterocycles. The van der Waals surface area contributed by atoms with E-state index in [-0.39, 0.29) is 16.8 Å². The number of carbonyl (C=O) groups excluding carboxylic acids is 1. The van der Waals surface area contributed by atoms with Crippen molar-refractivity contribution >= 4 is 11.5 Å². The van der Waals surface area contributed by atoms with Crippen molar-refractivity contribution in [2.45, 2.75) is 6.92 Å². The predicted molar refractivity (Wildman–Crippen MR) is 65.4 cm³/mol. The van der Waals surface area contributed by atoms with Crippen LogP contribution in [0.3, 0.4) is 0 Å². The lowest BCUT2D eigenvalue weighted by Crippen LogP contribution is -2.05. The largest absolute Gasteiger partial charge is 0.396 e. The van der Waals surface area contributed by atoms with Crippen molar-refractivity contribution in [3.63, 3.8) is 0 Å². The highest BCUT2D eigenvalue weighted by Crippen LogP contribution is 2.18. The first kappa shape index (κ1) is 12.2. The number of hydrogen-bond donors (Lipinski definition) is 1. The second-order valence-corrected chi connectivity index (χ2v) is 4.02. The molecule has 2 N–H and O–H groups in total. The molecule has 0 amide bonds. The molecule has 2 rings (SSSR count). The summed E-state index contributed by atoms with van der Waals surface area (Å²) in [5.74, 6) is -1.58. The maximum atomic E-state index is 13.3. The van der Waals surface area contributed by atoms with E-state index >= 15 is 0 Å². The molecule has 0 unspecified atom stereocenters. The molecule has 2 nitrogen and oxygen atoms in total. The van der Waals surface area contributed by atoms with Gasteiger partial charge < -0.3 is 5.73 Å². The van der Waals surface area contributed by atoms with Crippen molar-refractivity contribution in [1.82, 2.24) is 0 Å². The number of rotatable bonds is 2. The summed E-state index contributed by atoms with van der Waals surface area (Å²) in [6.45, 7) is 1.69. The molecule has 0 saturated carbocycles. The van der Waals surface area contributed by atoms with E-state index in [4.69, 9.17) is 5.73 Å². The number of nitrogens with two attached hydrogens (primary N) is 1. The second kappa shape index (κ2) is 4.56. The Bertz CT molecular complexity index is 623. The van der Waals surface area contributed by atoms with Gasteiger partial charge >= 0.3 is 0 Å². The van der Waals surface area contributed by atoms with Crippen molar-refractivity contribution in [1.29, 1.82) is 0 Å². The minimum absolute atomic E-state index is 0.0254. The van der Waals surface area contributed by atoms with E-state index in [2.05, 4.69) is 0 Å². The van der Waals surface area contributed by atoms with Gasteiger partial charge in [-0.15, -0.1) is 0 Å². The molecule has 92 valence electrons. The first-order valence-electron chi connectivity index (χ1n) is 5.35. The van der Waals surface area contributed by atoms with E-state index in [1.165, 1.54) is 24.3 Å². The molecule has 0 radical (unpaired) electrons. The SMILES string of the molecule is Cc1ccc(F)cc1C(=O)c1ccc(N)c(F)c1. The Hall–Kier alpha value is -2.23. The fourth-order valence-electron chi connectivity index (χ4n) is 1.66. The van der Waals surface area contributed by atoms with Crippen LogP contribution in [0, 0.1) is 18.6 Å². The average Bonchev–Trinajstić information content (AvgIpc) is 2.35. The molecule has 2 aromatic rings. The first-order valence-corrected chi connectivity index (χ1v) is 5.35. The Labute approximate surface area is 103 Å². The molecule has 4 heteroatoms. The van der Waals surface area contributed by atoms with Crippen LogP contribution in [0.15, 0.2) is 36.4 Å². The number of ketones is 1. The highest BCUT2D eigenvalue weighted by Gasteiger charge is 2.14. The van der Waals surface area contributed by atoms with E-state index in [1.807, 2.05) is 0 Å². The first-order chi connectivity index (χ1) is 8.49. The van der Waals surface area contributed by atoms with Crippen LogP contribution in [0.4, 0.5) is 14.5 Å². The summed E-state index contributed by atoms with van der Waals surface area (Å²) in [4.78, 5) is 12.1. The van der Waals surface area contributed by atoms with Gasteiger partial charge in [-0.25, -0.2) is 8.78 Å². The van der Waals surface area contributed by atoms with Crippen molar-refractivity contribution in [3.05, 3.63) is 64.7 Å². The summed E-state index contributed by atoms with van der Waals surface area (Å²) >= 11 is 0. The lowest BCUT2D eigenvalue weighted by Gasteiger charge is -2.06. The van der Waals surface area contributed by atoms with Gasteiger partial charge in [0.2, 0.25) is 0 Å². The monoisotopic (exact) mass is 247 g/mol. The molecule has 0 aromatic heterocycles. The van der Waals surface area contributed by atoms with E-state index in [0.29, 0.717) is 5.56 Å². The summed E-state index contributed by atoms with van der Waals surface area (Å²) in [5.41, 5.74) is 6.32. The summed E-state index contributed by atoms with van der Waals surface area (Å²) < 4.78 is 26.4. The summed E-state index contributed by atoms with van der Waals surface area (Å²) in [6, 6.07) is 7.72. The zero-order valence-electron chi connectivity index (χ0n) is 9.71. The van der Waals surface area contributed by atoms with E-state index in [9.17, 15) is 13.6 Å². The van der Waals surface area contributed by atoms with Crippen molar-refractivity contribution < 1.29 is 13.6 Å². The molecule has 0 saturated heterocycles. The fourth-order valence-corrected chi connectivity index (χ4v) is 1.66. The quantitative estimate of drug-likeness (QED) is 0.654. The minimum Gasteiger partial charge on any atom is -0.396 e. The normalized spacial score (nSPS) is 10.4. The standard InChI is InChI=1S/C14H11F2NO/c1-8-2-4-10(15)7-11(8)14(18)9-3-5-13(17)12(16)6-9/h2-7H,17H2,1H3. The van der Waals surface area contributed by atoms with Gasteiger partial charge in [0.05, 0.1) is 5.69 Å². The van der Waals surface area contributed by atoms with Crippen LogP contribution < -0.4 is 5.73 Å². The summed E-state index contributed by atoms with van der Waals surface area (Å²) in [7, 11) is 0. The van der Waals surface area contributed by atoms with Crippen LogP contribution in [-0.2, 0) is 0 Å². The van der Waals surface area contributed by atoms with Crippen LogP contribution >= 0.6 is 0 Å². The van der Waals surface area contributed by atoms with Gasteiger partial charge in [0.25, 0.3) is 0 Å². The number of nitrogen functional groups attached to an aromatic ring is 1. The second-order valence-electron chi connectivity index (χ2n) is 4.02. The summed E-state index contributed by atoms with van der Waals surface area (Å²) in [6.07, 6.45) is 0. The van der Waals surface area contributed by atoms with Crippen LogP contribution in [0.2, 0.25) is 0 Å². The topological polar surface area (TPSA) is 43.1 Å². The maximum absolute atomic E-state index is 13.3. The van der Waals surface area contributed by atoms with E-state index < -0.39 is 17.4 Å². The van der Waals surface area contributed by atoms with Crippen LogP contribution in [0.1, 0.15) is 21.5 Å². The Morgan fingerprint density at radius 3 is 2.50 bits per heavy atom. The molecule has 0 atom stereocenters. The van der Waals surface area contributed by atoms with Gasteiger partial charge in [0.1, 0.15) is 11.6 Å². The number of aryl methyl sites for hydroxylation is 1. The molecule has 0 aliphatic carbocycles. The zero-order valence-corrected chi connectivity index (χ0v) is 9.71. The van der Waals surface area contributed by atoms with Crippen molar-refractivity contribution in [3.8, 4) is 0 Å². The highest BCUT2D eigenvalue weighted by molar-refractivity contribution is 6.10. The van der Waals surface area contributed by atoms with E-state index in [1.54, 1.807) is 6.92 Å². The van der Waals surface area contributed by atoms with Crippen LogP contribution in [0.5, 0.6) is 0 Å². The number of anilines is 1. The number of benzene rings is 2. The van der Waals surface area contributed by atoms with Gasteiger partial charge in [-0.2, -0.15) is 0 Å². The molecule has 18 heavy (non-hydrogen) atoms. The molecule has 0 bridgehead atoms. The van der Waals surface area contributed by atoms with Crippen LogP contribution in [-0.4, -0.2) is 5.78 Å². The smallest absolute Gasteiger partial charge is 0.193 e. The Balaban J connectivity index is 2.47. The highest BCUT2D eigenvalue weighted by atomic mass is 19.1. The Morgan fingerprint density at radius 1 is 1.11 bits per heavy atom. The maximum Gasteiger partial charge on any atom is 0.193 e. The Morgan fingerprint density at radius 2 is 1.83 bits per heavy atom. The molecule has 2 aromatic carbocycles. The Kier molecular flexibility index (Phi) is 3.10. The zero-order chi connectivity index (χ0) is 13.3. The number of halogens is 2. The molecule has 0 spiro atoms. The molecular weight excluding hydrogens is 236 g/mol. The molecule has 0 heterocycles. The third kappa shape index (κ3) is 2.22. The fraction of sp³-hybridized carbons (Fsp3) is 0.0714. The van der Waals surface area contributed by atoms with Gasteiger partial charge in [-0.05, 0) is 42.8 Å². The lowest BCUT2D eigenvalue weighted by atomic mass is 9.99.